The number of carbonyl (C=O) groups excluding carboxylic acids is 2. The zero-order valence-corrected chi connectivity index (χ0v) is 18.5. The number of rotatable bonds is 1. The lowest BCUT2D eigenvalue weighted by Gasteiger charge is -2.20. The molecule has 2 atom stereocenters. The number of fused-ring (bicyclic) bond motifs is 5. The van der Waals surface area contributed by atoms with Crippen LogP contribution in [0.1, 0.15) is 33.0 Å². The van der Waals surface area contributed by atoms with Crippen molar-refractivity contribution in [2.24, 2.45) is 0 Å². The Bertz CT molecular complexity index is 1150. The van der Waals surface area contributed by atoms with Crippen LogP contribution in [0.3, 0.4) is 0 Å². The van der Waals surface area contributed by atoms with E-state index in [2.05, 4.69) is 20.6 Å². The molecule has 2 aliphatic rings. The highest BCUT2D eigenvalue weighted by atomic mass is 35.5. The number of hydrogen-bond acceptors (Lipinski definition) is 6. The first-order valence-corrected chi connectivity index (χ1v) is 11.1. The van der Waals surface area contributed by atoms with Crippen LogP contribution >= 0.6 is 11.6 Å². The van der Waals surface area contributed by atoms with Gasteiger partial charge in [0.15, 0.2) is 0 Å². The fourth-order valence-electron chi connectivity index (χ4n) is 4.00. The molecule has 172 valence electrons. The highest BCUT2D eigenvalue weighted by Crippen LogP contribution is 2.26. The van der Waals surface area contributed by atoms with E-state index < -0.39 is 12.1 Å². The van der Waals surface area contributed by atoms with Gasteiger partial charge in [0.25, 0.3) is 11.8 Å². The Hall–Kier alpha value is -3.37. The topological polar surface area (TPSA) is 114 Å². The van der Waals surface area contributed by atoms with Crippen LogP contribution in [0.25, 0.3) is 0 Å². The second kappa shape index (κ2) is 9.24. The molecular weight excluding hydrogens is 448 g/mol. The minimum Gasteiger partial charge on any atom is -0.492 e. The molecule has 0 spiro atoms. The van der Waals surface area contributed by atoms with Crippen LogP contribution in [0.2, 0.25) is 5.02 Å². The van der Waals surface area contributed by atoms with Crippen LogP contribution in [0.4, 0.5) is 0 Å². The Morgan fingerprint density at radius 2 is 2.15 bits per heavy atom. The second-order valence-corrected chi connectivity index (χ2v) is 8.45. The number of ether oxygens (including phenoxy) is 2. The monoisotopic (exact) mass is 470 g/mol. The molecule has 0 unspecified atom stereocenters. The minimum absolute atomic E-state index is 0.149. The molecule has 10 nitrogen and oxygen atoms in total. The molecule has 4 heterocycles. The van der Waals surface area contributed by atoms with Crippen LogP contribution in [0.15, 0.2) is 42.7 Å². The summed E-state index contributed by atoms with van der Waals surface area (Å²) in [5.41, 5.74) is 1.59. The molecule has 2 amide bonds. The molecule has 2 aromatic heterocycles. The Kier molecular flexibility index (Phi) is 6.01. The standard InChI is InChI=1S/C22H23ClN6O4/c23-16-5-4-14-9-19(16)32-8-2-7-29-10-15(26-27-29)13-33-20-12-28(11-18(20)25-21(14)30)22(31)17-3-1-6-24-17/h1,3-6,9-10,18,20,24H,2,7-8,11-13H2,(H,25,30)/t18-,20-/m0/s1. The molecule has 2 N–H and O–H groups in total. The van der Waals surface area contributed by atoms with Crippen LogP contribution in [0, 0.1) is 0 Å². The van der Waals surface area contributed by atoms with Gasteiger partial charge < -0.3 is 24.7 Å². The van der Waals surface area contributed by atoms with E-state index >= 15 is 0 Å². The third-order valence-electron chi connectivity index (χ3n) is 5.71. The first-order chi connectivity index (χ1) is 16.1. The molecule has 5 rings (SSSR count). The van der Waals surface area contributed by atoms with Crippen LogP contribution < -0.4 is 10.1 Å². The third kappa shape index (κ3) is 4.71. The lowest BCUT2D eigenvalue weighted by atomic mass is 10.1. The summed E-state index contributed by atoms with van der Waals surface area (Å²) < 4.78 is 13.6. The number of amides is 2. The number of aromatic amines is 1. The fraction of sp³-hybridized carbons (Fsp3) is 0.364. The highest BCUT2D eigenvalue weighted by molar-refractivity contribution is 6.32. The number of aryl methyl sites for hydroxylation is 1. The summed E-state index contributed by atoms with van der Waals surface area (Å²) in [6.07, 6.45) is 3.81. The number of likely N-dealkylation sites (tertiary alicyclic amines) is 1. The predicted molar refractivity (Wildman–Crippen MR) is 118 cm³/mol. The molecule has 2 aliphatic heterocycles. The molecule has 3 aromatic rings. The van der Waals surface area contributed by atoms with Crippen LogP contribution in [-0.4, -0.2) is 68.5 Å². The molecule has 0 aliphatic carbocycles. The van der Waals surface area contributed by atoms with Gasteiger partial charge in [0.05, 0.1) is 36.6 Å². The minimum atomic E-state index is -0.408. The normalized spacial score (nSPS) is 21.2. The zero-order chi connectivity index (χ0) is 22.8. The first-order valence-electron chi connectivity index (χ1n) is 10.7. The third-order valence-corrected chi connectivity index (χ3v) is 6.02. The second-order valence-electron chi connectivity index (χ2n) is 8.04. The lowest BCUT2D eigenvalue weighted by Crippen LogP contribution is -2.44. The van der Waals surface area contributed by atoms with Crippen LogP contribution in [0.5, 0.6) is 5.75 Å². The Balaban J connectivity index is 1.40. The van der Waals surface area contributed by atoms with Gasteiger partial charge in [0.1, 0.15) is 17.1 Å². The molecule has 1 saturated heterocycles. The van der Waals surface area contributed by atoms with Gasteiger partial charge >= 0.3 is 0 Å². The fourth-order valence-corrected chi connectivity index (χ4v) is 4.18. The quantitative estimate of drug-likeness (QED) is 0.561. The van der Waals surface area contributed by atoms with Gasteiger partial charge in [0, 0.05) is 37.8 Å². The van der Waals surface area contributed by atoms with E-state index in [1.54, 1.807) is 46.1 Å². The summed E-state index contributed by atoms with van der Waals surface area (Å²) >= 11 is 6.25. The van der Waals surface area contributed by atoms with Gasteiger partial charge in [-0.3, -0.25) is 14.3 Å². The van der Waals surface area contributed by atoms with Crippen molar-refractivity contribution in [3.63, 3.8) is 0 Å². The van der Waals surface area contributed by atoms with Crippen molar-refractivity contribution in [1.82, 2.24) is 30.2 Å². The SMILES string of the molecule is O=C1N[C@H]2CN(C(=O)c3ccc[nH]3)C[C@@H]2OCc2cn(nn2)CCCOc2cc1ccc2Cl. The Morgan fingerprint density at radius 3 is 3.00 bits per heavy atom. The smallest absolute Gasteiger partial charge is 0.270 e. The lowest BCUT2D eigenvalue weighted by molar-refractivity contribution is 0.0290. The molecule has 0 saturated carbocycles. The number of H-pyrrole nitrogens is 1. The highest BCUT2D eigenvalue weighted by Gasteiger charge is 2.38. The number of benzene rings is 1. The number of aromatic nitrogens is 4. The number of nitrogens with zero attached hydrogens (tertiary/aromatic N) is 4. The van der Waals surface area contributed by atoms with Crippen molar-refractivity contribution in [2.45, 2.75) is 31.7 Å². The number of halogens is 1. The number of nitrogens with one attached hydrogen (secondary N) is 2. The predicted octanol–water partition coefficient (Wildman–Crippen LogP) is 1.88. The van der Waals surface area contributed by atoms with Gasteiger partial charge in [-0.2, -0.15) is 0 Å². The molecule has 0 radical (unpaired) electrons. The van der Waals surface area contributed by atoms with E-state index in [0.29, 0.717) is 60.4 Å². The van der Waals surface area contributed by atoms with Gasteiger partial charge in [-0.1, -0.05) is 16.8 Å². The molecular formula is C22H23ClN6O4. The Labute approximate surface area is 194 Å². The van der Waals surface area contributed by atoms with E-state index in [1.807, 2.05) is 6.20 Å². The summed E-state index contributed by atoms with van der Waals surface area (Å²) in [4.78, 5) is 30.5. The van der Waals surface area contributed by atoms with E-state index in [1.165, 1.54) is 0 Å². The molecule has 33 heavy (non-hydrogen) atoms. The summed E-state index contributed by atoms with van der Waals surface area (Å²) in [7, 11) is 0. The summed E-state index contributed by atoms with van der Waals surface area (Å²) in [5, 5.41) is 11.7. The average Bonchev–Trinajstić information content (AvgIpc) is 3.57. The van der Waals surface area contributed by atoms with Crippen molar-refractivity contribution in [3.05, 3.63) is 64.7 Å². The maximum atomic E-state index is 13.0. The van der Waals surface area contributed by atoms with E-state index in [4.69, 9.17) is 21.1 Å². The van der Waals surface area contributed by atoms with E-state index in [-0.39, 0.29) is 18.4 Å². The molecule has 1 aromatic carbocycles. The maximum absolute atomic E-state index is 13.0. The molecule has 11 heteroatoms. The van der Waals surface area contributed by atoms with Crippen LogP contribution in [-0.2, 0) is 17.9 Å². The van der Waals surface area contributed by atoms with Gasteiger partial charge in [-0.15, -0.1) is 5.10 Å². The van der Waals surface area contributed by atoms with Crippen molar-refractivity contribution < 1.29 is 19.1 Å². The van der Waals surface area contributed by atoms with Crippen molar-refractivity contribution in [2.75, 3.05) is 19.7 Å². The maximum Gasteiger partial charge on any atom is 0.270 e. The summed E-state index contributed by atoms with van der Waals surface area (Å²) in [6, 6.07) is 8.01. The van der Waals surface area contributed by atoms with Gasteiger partial charge in [-0.05, 0) is 30.3 Å². The largest absolute Gasteiger partial charge is 0.492 e. The zero-order valence-electron chi connectivity index (χ0n) is 17.7. The number of carbonyl (C=O) groups is 2. The Morgan fingerprint density at radius 1 is 1.24 bits per heavy atom. The van der Waals surface area contributed by atoms with Crippen molar-refractivity contribution in [3.8, 4) is 5.75 Å². The van der Waals surface area contributed by atoms with Gasteiger partial charge in [-0.25, -0.2) is 0 Å². The van der Waals surface area contributed by atoms with Crippen molar-refractivity contribution in [1.29, 1.82) is 0 Å². The summed E-state index contributed by atoms with van der Waals surface area (Å²) in [6.45, 7) is 1.92. The van der Waals surface area contributed by atoms with Gasteiger partial charge in [0.2, 0.25) is 0 Å². The molecule has 4 bridgehead atoms. The summed E-state index contributed by atoms with van der Waals surface area (Å²) in [5.74, 6) is 0.00477. The first kappa shape index (κ1) is 21.5. The van der Waals surface area contributed by atoms with E-state index in [9.17, 15) is 9.59 Å². The molecule has 1 fully saturated rings. The van der Waals surface area contributed by atoms with E-state index in [0.717, 1.165) is 0 Å². The van der Waals surface area contributed by atoms with Crippen molar-refractivity contribution >= 4 is 23.4 Å². The average molecular weight is 471 g/mol. The number of hydrogen-bond donors (Lipinski definition) is 2.